The maximum Gasteiger partial charge on any atom is 0.416 e. The summed E-state index contributed by atoms with van der Waals surface area (Å²) in [6.45, 7) is 6.92. The molecule has 2 fully saturated rings. The van der Waals surface area contributed by atoms with Gasteiger partial charge in [0.25, 0.3) is 5.56 Å². The number of benzene rings is 1. The van der Waals surface area contributed by atoms with E-state index in [4.69, 9.17) is 0 Å². The van der Waals surface area contributed by atoms with Gasteiger partial charge in [0.1, 0.15) is 0 Å². The summed E-state index contributed by atoms with van der Waals surface area (Å²) in [5.41, 5.74) is 0.803. The Morgan fingerprint density at radius 2 is 1.78 bits per heavy atom. The van der Waals surface area contributed by atoms with Crippen LogP contribution in [0, 0.1) is 19.8 Å². The van der Waals surface area contributed by atoms with Crippen LogP contribution >= 0.6 is 36.2 Å². The fourth-order valence-corrected chi connectivity index (χ4v) is 6.36. The van der Waals surface area contributed by atoms with Crippen molar-refractivity contribution in [2.45, 2.75) is 51.2 Å². The van der Waals surface area contributed by atoms with E-state index < -0.39 is 23.0 Å². The standard InChI is InChI=1S/C25H27F3N4O2S.2ClH/c1-15-21(35-16(2)29-15)20-13-32(23(34)30-22(20)33)10-4-3-9-31-12-19-11-24(19,14-31)17-5-7-18(8-6-17)25(26,27)28;;/h5-8,13,19H,3-4,9-12,14H2,1-2H3,(H,30,33,34);2*1H/t19-,24+;;/m0../s1. The lowest BCUT2D eigenvalue weighted by Gasteiger charge is -2.21. The molecule has 5 rings (SSSR count). The van der Waals surface area contributed by atoms with Gasteiger partial charge in [0, 0.05) is 31.2 Å². The first-order chi connectivity index (χ1) is 16.6. The van der Waals surface area contributed by atoms with Gasteiger partial charge in [-0.25, -0.2) is 9.78 Å². The highest BCUT2D eigenvalue weighted by Gasteiger charge is 2.60. The third-order valence-corrected chi connectivity index (χ3v) is 8.39. The van der Waals surface area contributed by atoms with Crippen molar-refractivity contribution in [1.82, 2.24) is 19.4 Å². The molecule has 3 aromatic rings. The minimum Gasteiger partial charge on any atom is -0.302 e. The van der Waals surface area contributed by atoms with E-state index in [1.54, 1.807) is 22.9 Å². The molecule has 6 nitrogen and oxygen atoms in total. The van der Waals surface area contributed by atoms with Crippen LogP contribution in [-0.4, -0.2) is 39.1 Å². The smallest absolute Gasteiger partial charge is 0.302 e. The van der Waals surface area contributed by atoms with Crippen LogP contribution in [0.4, 0.5) is 13.2 Å². The monoisotopic (exact) mass is 576 g/mol. The van der Waals surface area contributed by atoms with Crippen LogP contribution in [0.1, 0.15) is 41.1 Å². The van der Waals surface area contributed by atoms with Crippen LogP contribution in [0.5, 0.6) is 0 Å². The average Bonchev–Trinajstić information content (AvgIpc) is 3.19. The Balaban J connectivity index is 0.00000190. The van der Waals surface area contributed by atoms with Crippen molar-refractivity contribution in [2.75, 3.05) is 19.6 Å². The lowest BCUT2D eigenvalue weighted by Crippen LogP contribution is -2.31. The number of fused-ring (bicyclic) bond motifs is 1. The third kappa shape index (κ3) is 5.82. The summed E-state index contributed by atoms with van der Waals surface area (Å²) in [5.74, 6) is 0.495. The van der Waals surface area contributed by atoms with E-state index in [-0.39, 0.29) is 30.2 Å². The van der Waals surface area contributed by atoms with Gasteiger partial charge in [-0.15, -0.1) is 36.2 Å². The fourth-order valence-electron chi connectivity index (χ4n) is 5.43. The molecule has 0 amide bonds. The lowest BCUT2D eigenvalue weighted by molar-refractivity contribution is -0.137. The summed E-state index contributed by atoms with van der Waals surface area (Å²) in [7, 11) is 0. The maximum absolute atomic E-state index is 12.9. The van der Waals surface area contributed by atoms with Gasteiger partial charge in [-0.2, -0.15) is 13.2 Å². The van der Waals surface area contributed by atoms with Crippen LogP contribution in [0.2, 0.25) is 0 Å². The Kier molecular flexibility index (Phi) is 8.68. The largest absolute Gasteiger partial charge is 0.416 e. The number of aromatic amines is 1. The van der Waals surface area contributed by atoms with Gasteiger partial charge < -0.3 is 4.90 Å². The van der Waals surface area contributed by atoms with Crippen molar-refractivity contribution in [3.63, 3.8) is 0 Å². The first kappa shape index (κ1) is 29.4. The number of rotatable bonds is 7. The molecule has 0 radical (unpaired) electrons. The number of nitrogens with zero attached hydrogens (tertiary/aromatic N) is 3. The van der Waals surface area contributed by atoms with Crippen LogP contribution in [-0.2, 0) is 18.1 Å². The van der Waals surface area contributed by atoms with E-state index in [0.29, 0.717) is 18.0 Å². The first-order valence-electron chi connectivity index (χ1n) is 11.7. The van der Waals surface area contributed by atoms with E-state index in [9.17, 15) is 22.8 Å². The van der Waals surface area contributed by atoms with Crippen LogP contribution in [0.15, 0.2) is 40.1 Å². The molecule has 1 saturated heterocycles. The van der Waals surface area contributed by atoms with Gasteiger partial charge in [0.15, 0.2) is 0 Å². The maximum atomic E-state index is 12.9. The Hall–Kier alpha value is -2.14. The van der Waals surface area contributed by atoms with E-state index in [2.05, 4.69) is 14.9 Å². The number of halogens is 5. The van der Waals surface area contributed by atoms with Gasteiger partial charge in [-0.05, 0) is 63.3 Å². The summed E-state index contributed by atoms with van der Waals surface area (Å²) in [4.78, 5) is 34.6. The topological polar surface area (TPSA) is 71.0 Å². The average molecular weight is 578 g/mol. The molecule has 2 aromatic heterocycles. The number of H-pyrrole nitrogens is 1. The van der Waals surface area contributed by atoms with Crippen molar-refractivity contribution in [3.05, 3.63) is 73.1 Å². The summed E-state index contributed by atoms with van der Waals surface area (Å²) in [6.07, 6.45) is 0.0103. The highest BCUT2D eigenvalue weighted by molar-refractivity contribution is 7.15. The summed E-state index contributed by atoms with van der Waals surface area (Å²) in [5, 5.41) is 0.868. The van der Waals surface area contributed by atoms with E-state index in [1.807, 2.05) is 13.8 Å². The highest BCUT2D eigenvalue weighted by atomic mass is 35.5. The summed E-state index contributed by atoms with van der Waals surface area (Å²) >= 11 is 1.44. The quantitative estimate of drug-likeness (QED) is 0.393. The number of hydrogen-bond acceptors (Lipinski definition) is 5. The molecule has 0 spiro atoms. The zero-order valence-electron chi connectivity index (χ0n) is 20.4. The van der Waals surface area contributed by atoms with E-state index in [0.717, 1.165) is 60.0 Å². The molecule has 37 heavy (non-hydrogen) atoms. The fraction of sp³-hybridized carbons (Fsp3) is 0.480. The molecule has 2 atom stereocenters. The number of aromatic nitrogens is 3. The molecule has 1 saturated carbocycles. The number of nitrogens with one attached hydrogen (secondary N) is 1. The number of alkyl halides is 3. The second-order valence-electron chi connectivity index (χ2n) is 9.72. The van der Waals surface area contributed by atoms with Crippen molar-refractivity contribution in [1.29, 1.82) is 0 Å². The minimum absolute atomic E-state index is 0. The zero-order valence-corrected chi connectivity index (χ0v) is 22.9. The van der Waals surface area contributed by atoms with Crippen LogP contribution in [0.3, 0.4) is 0 Å². The highest BCUT2D eigenvalue weighted by Crippen LogP contribution is 2.59. The van der Waals surface area contributed by atoms with Gasteiger partial charge in [0.05, 0.1) is 26.7 Å². The normalized spacial score (nSPS) is 20.7. The molecule has 0 unspecified atom stereocenters. The molecule has 1 aliphatic carbocycles. The molecular weight excluding hydrogens is 548 g/mol. The second kappa shape index (κ2) is 10.9. The van der Waals surface area contributed by atoms with Gasteiger partial charge >= 0.3 is 11.9 Å². The van der Waals surface area contributed by atoms with E-state index in [1.165, 1.54) is 23.5 Å². The predicted octanol–water partition coefficient (Wildman–Crippen LogP) is 5.19. The lowest BCUT2D eigenvalue weighted by atomic mass is 9.94. The Labute approximate surface area is 228 Å². The zero-order chi connectivity index (χ0) is 25.0. The van der Waals surface area contributed by atoms with Crippen LogP contribution < -0.4 is 11.2 Å². The number of aryl methyl sites for hydroxylation is 3. The molecule has 12 heteroatoms. The molecule has 3 heterocycles. The van der Waals surface area contributed by atoms with Gasteiger partial charge in [0.2, 0.25) is 0 Å². The van der Waals surface area contributed by atoms with Gasteiger partial charge in [-0.1, -0.05) is 12.1 Å². The van der Waals surface area contributed by atoms with Crippen molar-refractivity contribution in [3.8, 4) is 10.4 Å². The molecule has 1 N–H and O–H groups in total. The number of likely N-dealkylation sites (tertiary alicyclic amines) is 1. The van der Waals surface area contributed by atoms with Gasteiger partial charge in [-0.3, -0.25) is 14.3 Å². The number of thiazole rings is 1. The van der Waals surface area contributed by atoms with Crippen molar-refractivity contribution in [2.24, 2.45) is 5.92 Å². The number of hydrogen-bond donors (Lipinski definition) is 1. The Bertz CT molecular complexity index is 1370. The predicted molar refractivity (Wildman–Crippen MR) is 143 cm³/mol. The Morgan fingerprint density at radius 1 is 1.11 bits per heavy atom. The molecule has 1 aromatic carbocycles. The SMILES string of the molecule is Cc1nc(C)c(-c2cn(CCCCN3C[C@@H]4C[C@]4(c4ccc(C(F)(F)F)cc4)C3)c(=O)[nH]c2=O)s1.Cl.Cl. The van der Waals surface area contributed by atoms with E-state index >= 15 is 0 Å². The number of unbranched alkanes of at least 4 members (excludes halogenated alkanes) is 1. The number of piperidine rings is 1. The minimum atomic E-state index is -4.31. The summed E-state index contributed by atoms with van der Waals surface area (Å²) in [6, 6.07) is 5.65. The van der Waals surface area contributed by atoms with Crippen LogP contribution in [0.25, 0.3) is 10.4 Å². The second-order valence-corrected chi connectivity index (χ2v) is 10.9. The molecule has 202 valence electrons. The Morgan fingerprint density at radius 3 is 2.41 bits per heavy atom. The molecule has 1 aliphatic heterocycles. The molecule has 0 bridgehead atoms. The van der Waals surface area contributed by atoms with Crippen molar-refractivity contribution >= 4 is 36.2 Å². The first-order valence-corrected chi connectivity index (χ1v) is 12.6. The molecule has 2 aliphatic rings. The summed E-state index contributed by atoms with van der Waals surface area (Å²) < 4.78 is 40.2. The van der Waals surface area contributed by atoms with Crippen molar-refractivity contribution < 1.29 is 13.2 Å². The molecular formula is C25H29Cl2F3N4O2S. The third-order valence-electron chi connectivity index (χ3n) is 7.29.